The SMILES string of the molecule is O=C(NCCO)c1ccn(COc2ccc(-c3ccccc3)cc2)n1. The summed E-state index contributed by atoms with van der Waals surface area (Å²) in [6.45, 7) is 0.308. The van der Waals surface area contributed by atoms with Gasteiger partial charge in [-0.05, 0) is 29.3 Å². The first kappa shape index (κ1) is 16.7. The number of aromatic nitrogens is 2. The number of ether oxygens (including phenoxy) is 1. The van der Waals surface area contributed by atoms with Crippen molar-refractivity contribution >= 4 is 5.91 Å². The monoisotopic (exact) mass is 337 g/mol. The van der Waals surface area contributed by atoms with Crippen molar-refractivity contribution in [2.24, 2.45) is 0 Å². The highest BCUT2D eigenvalue weighted by atomic mass is 16.5. The third-order valence-electron chi connectivity index (χ3n) is 3.60. The van der Waals surface area contributed by atoms with E-state index in [4.69, 9.17) is 9.84 Å². The van der Waals surface area contributed by atoms with E-state index < -0.39 is 0 Å². The molecule has 1 heterocycles. The summed E-state index contributed by atoms with van der Waals surface area (Å²) in [6.07, 6.45) is 1.67. The standard InChI is InChI=1S/C19H19N3O3/c23-13-11-20-19(24)18-10-12-22(21-18)14-25-17-8-6-16(7-9-17)15-4-2-1-3-5-15/h1-10,12,23H,11,13-14H2,(H,20,24). The summed E-state index contributed by atoms with van der Waals surface area (Å²) in [6, 6.07) is 19.5. The number of amides is 1. The largest absolute Gasteiger partial charge is 0.471 e. The highest BCUT2D eigenvalue weighted by molar-refractivity contribution is 5.92. The Labute approximate surface area is 145 Å². The maximum absolute atomic E-state index is 11.7. The predicted molar refractivity (Wildman–Crippen MR) is 94.2 cm³/mol. The van der Waals surface area contributed by atoms with E-state index in [0.717, 1.165) is 16.9 Å². The van der Waals surface area contributed by atoms with Gasteiger partial charge in [-0.25, -0.2) is 4.68 Å². The second kappa shape index (κ2) is 8.12. The van der Waals surface area contributed by atoms with Gasteiger partial charge in [0.1, 0.15) is 11.4 Å². The Morgan fingerprint density at radius 3 is 2.48 bits per heavy atom. The van der Waals surface area contributed by atoms with Crippen molar-refractivity contribution in [2.75, 3.05) is 13.2 Å². The number of nitrogens with zero attached hydrogens (tertiary/aromatic N) is 2. The molecule has 0 spiro atoms. The van der Waals surface area contributed by atoms with Crippen LogP contribution in [-0.4, -0.2) is 33.9 Å². The average molecular weight is 337 g/mol. The lowest BCUT2D eigenvalue weighted by Crippen LogP contribution is -2.26. The van der Waals surface area contributed by atoms with Crippen LogP contribution in [0.2, 0.25) is 0 Å². The second-order valence-electron chi connectivity index (χ2n) is 5.38. The summed E-state index contributed by atoms with van der Waals surface area (Å²) in [7, 11) is 0. The average Bonchev–Trinajstić information content (AvgIpc) is 3.15. The van der Waals surface area contributed by atoms with Gasteiger partial charge in [0.25, 0.3) is 5.91 Å². The van der Waals surface area contributed by atoms with Crippen LogP contribution in [-0.2, 0) is 6.73 Å². The minimum atomic E-state index is -0.319. The van der Waals surface area contributed by atoms with Gasteiger partial charge >= 0.3 is 0 Å². The van der Waals surface area contributed by atoms with E-state index in [1.54, 1.807) is 16.9 Å². The molecule has 1 aromatic heterocycles. The number of hydrogen-bond donors (Lipinski definition) is 2. The lowest BCUT2D eigenvalue weighted by Gasteiger charge is -2.07. The predicted octanol–water partition coefficient (Wildman–Crippen LogP) is 2.31. The van der Waals surface area contributed by atoms with Gasteiger partial charge < -0.3 is 15.2 Å². The minimum absolute atomic E-state index is 0.103. The number of hydrogen-bond acceptors (Lipinski definition) is 4. The summed E-state index contributed by atoms with van der Waals surface area (Å²) >= 11 is 0. The van der Waals surface area contributed by atoms with Crippen LogP contribution < -0.4 is 10.1 Å². The fourth-order valence-corrected chi connectivity index (χ4v) is 2.33. The van der Waals surface area contributed by atoms with Crippen LogP contribution in [0.5, 0.6) is 5.75 Å². The van der Waals surface area contributed by atoms with Crippen molar-refractivity contribution in [1.29, 1.82) is 0 Å². The molecule has 0 unspecified atom stereocenters. The van der Waals surface area contributed by atoms with Gasteiger partial charge in [0.2, 0.25) is 0 Å². The molecule has 3 aromatic rings. The Balaban J connectivity index is 1.57. The fourth-order valence-electron chi connectivity index (χ4n) is 2.33. The first-order valence-corrected chi connectivity index (χ1v) is 7.97. The van der Waals surface area contributed by atoms with Crippen LogP contribution in [0.3, 0.4) is 0 Å². The summed E-state index contributed by atoms with van der Waals surface area (Å²) in [5.74, 6) is 0.404. The Kier molecular flexibility index (Phi) is 5.43. The molecule has 0 aliphatic heterocycles. The Hall–Kier alpha value is -3.12. The minimum Gasteiger partial charge on any atom is -0.471 e. The van der Waals surface area contributed by atoms with E-state index in [1.165, 1.54) is 0 Å². The van der Waals surface area contributed by atoms with Crippen LogP contribution in [0.25, 0.3) is 11.1 Å². The van der Waals surface area contributed by atoms with E-state index in [0.29, 0.717) is 0 Å². The summed E-state index contributed by atoms with van der Waals surface area (Å²) < 4.78 is 7.23. The molecule has 0 bridgehead atoms. The fraction of sp³-hybridized carbons (Fsp3) is 0.158. The molecule has 1 amide bonds. The highest BCUT2D eigenvalue weighted by Gasteiger charge is 2.08. The van der Waals surface area contributed by atoms with Crippen molar-refractivity contribution in [3.8, 4) is 16.9 Å². The molecule has 0 aliphatic carbocycles. The number of aliphatic hydroxyl groups excluding tert-OH is 1. The number of nitrogens with one attached hydrogen (secondary N) is 1. The highest BCUT2D eigenvalue weighted by Crippen LogP contribution is 2.22. The van der Waals surface area contributed by atoms with Gasteiger partial charge in [0.15, 0.2) is 6.73 Å². The van der Waals surface area contributed by atoms with Gasteiger partial charge in [-0.1, -0.05) is 42.5 Å². The number of benzene rings is 2. The third-order valence-corrected chi connectivity index (χ3v) is 3.60. The first-order valence-electron chi connectivity index (χ1n) is 7.97. The van der Waals surface area contributed by atoms with Crippen LogP contribution in [0, 0.1) is 0 Å². The van der Waals surface area contributed by atoms with E-state index in [2.05, 4.69) is 22.5 Å². The second-order valence-corrected chi connectivity index (χ2v) is 5.38. The zero-order chi connectivity index (χ0) is 17.5. The van der Waals surface area contributed by atoms with Crippen molar-refractivity contribution in [2.45, 2.75) is 6.73 Å². The maximum Gasteiger partial charge on any atom is 0.271 e. The van der Waals surface area contributed by atoms with Crippen molar-refractivity contribution < 1.29 is 14.6 Å². The molecule has 0 fully saturated rings. The van der Waals surface area contributed by atoms with Gasteiger partial charge in [-0.15, -0.1) is 0 Å². The van der Waals surface area contributed by atoms with Gasteiger partial charge in [0, 0.05) is 12.7 Å². The quantitative estimate of drug-likeness (QED) is 0.694. The smallest absolute Gasteiger partial charge is 0.271 e. The molecule has 6 nitrogen and oxygen atoms in total. The molecule has 0 atom stereocenters. The maximum atomic E-state index is 11.7. The number of carbonyl (C=O) groups is 1. The first-order chi connectivity index (χ1) is 12.3. The molecular formula is C19H19N3O3. The van der Waals surface area contributed by atoms with Gasteiger partial charge in [-0.2, -0.15) is 5.10 Å². The molecular weight excluding hydrogens is 318 g/mol. The van der Waals surface area contributed by atoms with Crippen LogP contribution in [0.15, 0.2) is 66.9 Å². The third kappa shape index (κ3) is 4.45. The molecule has 25 heavy (non-hydrogen) atoms. The summed E-state index contributed by atoms with van der Waals surface area (Å²) in [5.41, 5.74) is 2.56. The molecule has 128 valence electrons. The van der Waals surface area contributed by atoms with E-state index in [9.17, 15) is 4.79 Å². The summed E-state index contributed by atoms with van der Waals surface area (Å²) in [4.78, 5) is 11.7. The number of aliphatic hydroxyl groups is 1. The molecule has 2 aromatic carbocycles. The topological polar surface area (TPSA) is 76.4 Å². The molecule has 0 aliphatic rings. The summed E-state index contributed by atoms with van der Waals surface area (Å²) in [5, 5.41) is 15.4. The van der Waals surface area contributed by atoms with E-state index in [1.807, 2.05) is 42.5 Å². The van der Waals surface area contributed by atoms with Crippen molar-refractivity contribution in [3.05, 3.63) is 72.6 Å². The normalized spacial score (nSPS) is 10.4. The molecule has 2 N–H and O–H groups in total. The zero-order valence-corrected chi connectivity index (χ0v) is 13.6. The molecule has 0 radical (unpaired) electrons. The lowest BCUT2D eigenvalue weighted by molar-refractivity contribution is 0.0937. The van der Waals surface area contributed by atoms with E-state index in [-0.39, 0.29) is 31.5 Å². The van der Waals surface area contributed by atoms with Gasteiger partial charge in [0.05, 0.1) is 6.61 Å². The van der Waals surface area contributed by atoms with Crippen molar-refractivity contribution in [3.63, 3.8) is 0 Å². The number of carbonyl (C=O) groups excluding carboxylic acids is 1. The zero-order valence-electron chi connectivity index (χ0n) is 13.6. The van der Waals surface area contributed by atoms with Gasteiger partial charge in [-0.3, -0.25) is 4.79 Å². The Bertz CT molecular complexity index is 813. The van der Waals surface area contributed by atoms with Crippen LogP contribution in [0.4, 0.5) is 0 Å². The Morgan fingerprint density at radius 2 is 1.76 bits per heavy atom. The van der Waals surface area contributed by atoms with Crippen LogP contribution in [0.1, 0.15) is 10.5 Å². The molecule has 6 heteroatoms. The van der Waals surface area contributed by atoms with Crippen molar-refractivity contribution in [1.82, 2.24) is 15.1 Å². The molecule has 0 saturated heterocycles. The van der Waals surface area contributed by atoms with E-state index >= 15 is 0 Å². The molecule has 0 saturated carbocycles. The molecule has 3 rings (SSSR count). The number of rotatable bonds is 7. The Morgan fingerprint density at radius 1 is 1.04 bits per heavy atom. The lowest BCUT2D eigenvalue weighted by atomic mass is 10.1. The van der Waals surface area contributed by atoms with Crippen LogP contribution >= 0.6 is 0 Å².